The van der Waals surface area contributed by atoms with Crippen LogP contribution in [0, 0.1) is 30.1 Å². The van der Waals surface area contributed by atoms with Gasteiger partial charge in [0.15, 0.2) is 0 Å². The second-order valence-corrected chi connectivity index (χ2v) is 5.38. The van der Waals surface area contributed by atoms with Crippen LogP contribution in [-0.2, 0) is 4.79 Å². The van der Waals surface area contributed by atoms with E-state index in [0.717, 1.165) is 37.5 Å². The van der Waals surface area contributed by atoms with Crippen molar-refractivity contribution < 1.29 is 4.79 Å². The Hall–Kier alpha value is -0.770. The summed E-state index contributed by atoms with van der Waals surface area (Å²) in [4.78, 5) is 11.9. The fraction of sp³-hybridized carbons (Fsp3) is 0.800. The molecule has 0 amide bonds. The van der Waals surface area contributed by atoms with Crippen molar-refractivity contribution in [1.29, 1.82) is 0 Å². The summed E-state index contributed by atoms with van der Waals surface area (Å²) >= 11 is 0. The molecule has 1 aliphatic rings. The molecule has 0 N–H and O–H groups in total. The number of hydrogen-bond acceptors (Lipinski definition) is 1. The molecule has 0 radical (unpaired) electrons. The predicted octanol–water partition coefficient (Wildman–Crippen LogP) is 3.82. The van der Waals surface area contributed by atoms with Gasteiger partial charge in [-0.3, -0.25) is 4.79 Å². The smallest absolute Gasteiger partial charge is 0.136 e. The van der Waals surface area contributed by atoms with Crippen molar-refractivity contribution >= 4 is 5.78 Å². The lowest BCUT2D eigenvalue weighted by Gasteiger charge is -2.30. The third kappa shape index (κ3) is 4.00. The van der Waals surface area contributed by atoms with Crippen LogP contribution in [0.2, 0.25) is 0 Å². The summed E-state index contributed by atoms with van der Waals surface area (Å²) in [5, 5.41) is 0. The third-order valence-corrected chi connectivity index (χ3v) is 3.91. The number of carbonyl (C=O) groups excluding carboxylic acids is 1. The van der Waals surface area contributed by atoms with Crippen LogP contribution >= 0.6 is 0 Å². The van der Waals surface area contributed by atoms with Gasteiger partial charge in [-0.2, -0.15) is 0 Å². The van der Waals surface area contributed by atoms with Crippen LogP contribution in [0.25, 0.3) is 0 Å². The molecule has 0 aromatic rings. The zero-order valence-corrected chi connectivity index (χ0v) is 10.7. The van der Waals surface area contributed by atoms with Gasteiger partial charge in [-0.15, -0.1) is 12.3 Å². The number of unbranched alkanes of at least 4 members (excludes halogenated alkanes) is 1. The normalized spacial score (nSPS) is 25.4. The second-order valence-electron chi connectivity index (χ2n) is 5.38. The van der Waals surface area contributed by atoms with E-state index >= 15 is 0 Å². The van der Waals surface area contributed by atoms with E-state index in [0.29, 0.717) is 18.1 Å². The highest BCUT2D eigenvalue weighted by Crippen LogP contribution is 2.34. The van der Waals surface area contributed by atoms with E-state index in [1.807, 2.05) is 0 Å². The summed E-state index contributed by atoms with van der Waals surface area (Å²) < 4.78 is 0. The van der Waals surface area contributed by atoms with Gasteiger partial charge < -0.3 is 0 Å². The molecule has 1 nitrogen and oxygen atoms in total. The molecular formula is C15H24O. The molecule has 0 heterocycles. The Balaban J connectivity index is 2.25. The Morgan fingerprint density at radius 3 is 2.44 bits per heavy atom. The Bertz CT molecular complexity index is 251. The van der Waals surface area contributed by atoms with Gasteiger partial charge in [0, 0.05) is 18.8 Å². The Labute approximate surface area is 100 Å². The number of carbonyl (C=O) groups is 1. The minimum Gasteiger partial charge on any atom is -0.299 e. The summed E-state index contributed by atoms with van der Waals surface area (Å²) in [5.41, 5.74) is 0. The molecule has 0 aromatic heterocycles. The Morgan fingerprint density at radius 1 is 1.31 bits per heavy atom. The van der Waals surface area contributed by atoms with Crippen LogP contribution in [-0.4, -0.2) is 5.78 Å². The van der Waals surface area contributed by atoms with Crippen molar-refractivity contribution in [2.24, 2.45) is 17.8 Å². The maximum absolute atomic E-state index is 11.9. The molecule has 0 atom stereocenters. The third-order valence-electron chi connectivity index (χ3n) is 3.91. The number of terminal acetylenes is 1. The van der Waals surface area contributed by atoms with E-state index in [1.54, 1.807) is 0 Å². The van der Waals surface area contributed by atoms with Gasteiger partial charge in [0.2, 0.25) is 0 Å². The Morgan fingerprint density at radius 2 is 1.94 bits per heavy atom. The molecule has 1 heteroatoms. The van der Waals surface area contributed by atoms with E-state index in [9.17, 15) is 4.79 Å². The topological polar surface area (TPSA) is 17.1 Å². The highest BCUT2D eigenvalue weighted by molar-refractivity contribution is 5.81. The molecule has 0 unspecified atom stereocenters. The van der Waals surface area contributed by atoms with Crippen LogP contribution < -0.4 is 0 Å². The monoisotopic (exact) mass is 220 g/mol. The van der Waals surface area contributed by atoms with Crippen molar-refractivity contribution in [3.8, 4) is 12.3 Å². The minimum atomic E-state index is 0.341. The first-order chi connectivity index (χ1) is 7.65. The first-order valence-electron chi connectivity index (χ1n) is 6.61. The van der Waals surface area contributed by atoms with Crippen molar-refractivity contribution in [1.82, 2.24) is 0 Å². The van der Waals surface area contributed by atoms with Gasteiger partial charge in [-0.1, -0.05) is 13.8 Å². The molecule has 1 saturated carbocycles. The van der Waals surface area contributed by atoms with Gasteiger partial charge >= 0.3 is 0 Å². The molecule has 1 rings (SSSR count). The number of hydrogen-bond donors (Lipinski definition) is 0. The Kier molecular flexibility index (Phi) is 5.60. The fourth-order valence-corrected chi connectivity index (χ4v) is 2.68. The molecule has 0 bridgehead atoms. The van der Waals surface area contributed by atoms with E-state index in [-0.39, 0.29) is 0 Å². The average Bonchev–Trinajstić information content (AvgIpc) is 2.29. The highest BCUT2D eigenvalue weighted by atomic mass is 16.1. The SMILES string of the molecule is C#CCCCC(=O)C1CCC(C(C)C)CC1. The van der Waals surface area contributed by atoms with Gasteiger partial charge in [0.25, 0.3) is 0 Å². The summed E-state index contributed by atoms with van der Waals surface area (Å²) in [7, 11) is 0. The summed E-state index contributed by atoms with van der Waals surface area (Å²) in [6.07, 6.45) is 12.2. The lowest BCUT2D eigenvalue weighted by molar-refractivity contribution is -0.124. The van der Waals surface area contributed by atoms with Crippen molar-refractivity contribution in [2.75, 3.05) is 0 Å². The molecule has 1 fully saturated rings. The quantitative estimate of drug-likeness (QED) is 0.508. The first-order valence-corrected chi connectivity index (χ1v) is 6.61. The number of ketones is 1. The fourth-order valence-electron chi connectivity index (χ4n) is 2.68. The average molecular weight is 220 g/mol. The molecule has 0 aliphatic heterocycles. The lowest BCUT2D eigenvalue weighted by Crippen LogP contribution is -2.24. The molecule has 0 saturated heterocycles. The highest BCUT2D eigenvalue weighted by Gasteiger charge is 2.26. The zero-order valence-electron chi connectivity index (χ0n) is 10.7. The van der Waals surface area contributed by atoms with Crippen LogP contribution in [0.5, 0.6) is 0 Å². The predicted molar refractivity (Wildman–Crippen MR) is 68.0 cm³/mol. The van der Waals surface area contributed by atoms with Crippen LogP contribution in [0.3, 0.4) is 0 Å². The largest absolute Gasteiger partial charge is 0.299 e. The van der Waals surface area contributed by atoms with E-state index in [2.05, 4.69) is 19.8 Å². The number of rotatable bonds is 5. The van der Waals surface area contributed by atoms with Crippen LogP contribution in [0.1, 0.15) is 58.8 Å². The van der Waals surface area contributed by atoms with Gasteiger partial charge in [0.1, 0.15) is 5.78 Å². The van der Waals surface area contributed by atoms with Crippen LogP contribution in [0.4, 0.5) is 0 Å². The van der Waals surface area contributed by atoms with Crippen molar-refractivity contribution in [3.05, 3.63) is 0 Å². The van der Waals surface area contributed by atoms with Crippen molar-refractivity contribution in [2.45, 2.75) is 58.8 Å². The van der Waals surface area contributed by atoms with Crippen LogP contribution in [0.15, 0.2) is 0 Å². The summed E-state index contributed by atoms with van der Waals surface area (Å²) in [5.74, 6) is 5.01. The molecule has 0 aromatic carbocycles. The lowest BCUT2D eigenvalue weighted by atomic mass is 9.75. The standard InChI is InChI=1S/C15H24O/c1-4-5-6-7-15(16)14-10-8-13(9-11-14)12(2)3/h1,12-14H,5-11H2,2-3H3. The van der Waals surface area contributed by atoms with Gasteiger partial charge in [-0.05, 0) is 43.9 Å². The molecule has 16 heavy (non-hydrogen) atoms. The van der Waals surface area contributed by atoms with E-state index < -0.39 is 0 Å². The van der Waals surface area contributed by atoms with Crippen molar-refractivity contribution in [3.63, 3.8) is 0 Å². The summed E-state index contributed by atoms with van der Waals surface area (Å²) in [6.45, 7) is 4.58. The maximum Gasteiger partial charge on any atom is 0.136 e. The van der Waals surface area contributed by atoms with Gasteiger partial charge in [0.05, 0.1) is 0 Å². The molecule has 90 valence electrons. The van der Waals surface area contributed by atoms with Gasteiger partial charge in [-0.25, -0.2) is 0 Å². The first kappa shape index (κ1) is 13.3. The minimum absolute atomic E-state index is 0.341. The summed E-state index contributed by atoms with van der Waals surface area (Å²) in [6, 6.07) is 0. The zero-order chi connectivity index (χ0) is 12.0. The molecule has 1 aliphatic carbocycles. The van der Waals surface area contributed by atoms with E-state index in [1.165, 1.54) is 12.8 Å². The van der Waals surface area contributed by atoms with E-state index in [4.69, 9.17) is 6.42 Å². The molecule has 0 spiro atoms. The number of Topliss-reactive ketones (excluding diaryl/α,β-unsaturated/α-hetero) is 1. The molecular weight excluding hydrogens is 196 g/mol. The maximum atomic E-state index is 11.9. The second kappa shape index (κ2) is 6.74.